The van der Waals surface area contributed by atoms with E-state index in [-0.39, 0.29) is 17.0 Å². The molecule has 1 saturated heterocycles. The number of carbonyl (C=O) groups excluding carboxylic acids is 1. The van der Waals surface area contributed by atoms with Crippen LogP contribution in [0.5, 0.6) is 0 Å². The Balaban J connectivity index is 1.44. The van der Waals surface area contributed by atoms with Gasteiger partial charge >= 0.3 is 0 Å². The van der Waals surface area contributed by atoms with Crippen LogP contribution in [-0.4, -0.2) is 34.2 Å². The number of hydrogen-bond donors (Lipinski definition) is 0. The van der Waals surface area contributed by atoms with Crippen molar-refractivity contribution in [3.63, 3.8) is 0 Å². The van der Waals surface area contributed by atoms with E-state index in [4.69, 9.17) is 0 Å². The van der Waals surface area contributed by atoms with Gasteiger partial charge in [-0.1, -0.05) is 36.4 Å². The molecular formula is C21H21FN2OS. The normalized spacial score (nSPS) is 18.0. The molecule has 26 heavy (non-hydrogen) atoms. The number of fused-ring (bicyclic) bond motifs is 1. The van der Waals surface area contributed by atoms with Gasteiger partial charge in [0.05, 0.1) is 0 Å². The summed E-state index contributed by atoms with van der Waals surface area (Å²) in [5.74, 6) is 0.807. The first-order valence-electron chi connectivity index (χ1n) is 8.90. The van der Waals surface area contributed by atoms with Gasteiger partial charge in [0.2, 0.25) is 5.91 Å². The highest BCUT2D eigenvalue weighted by Crippen LogP contribution is 2.35. The monoisotopic (exact) mass is 368 g/mol. The molecule has 2 heterocycles. The fourth-order valence-electron chi connectivity index (χ4n) is 3.53. The lowest BCUT2D eigenvalue weighted by molar-refractivity contribution is -0.131. The summed E-state index contributed by atoms with van der Waals surface area (Å²) in [6.07, 6.45) is 2.75. The highest BCUT2D eigenvalue weighted by Gasteiger charge is 2.23. The topological polar surface area (TPSA) is 25.2 Å². The molecule has 2 aromatic carbocycles. The average molecular weight is 368 g/mol. The highest BCUT2D eigenvalue weighted by molar-refractivity contribution is 7.99. The molecule has 1 aliphatic heterocycles. The van der Waals surface area contributed by atoms with Gasteiger partial charge in [0, 0.05) is 41.4 Å². The van der Waals surface area contributed by atoms with E-state index in [2.05, 4.69) is 6.07 Å². The Bertz CT molecular complexity index is 923. The van der Waals surface area contributed by atoms with Gasteiger partial charge in [-0.3, -0.25) is 4.79 Å². The number of aromatic nitrogens is 1. The van der Waals surface area contributed by atoms with Crippen LogP contribution in [0.25, 0.3) is 10.9 Å². The molecule has 5 heteroatoms. The second-order valence-corrected chi connectivity index (χ2v) is 7.86. The first kappa shape index (κ1) is 17.2. The van der Waals surface area contributed by atoms with Crippen molar-refractivity contribution >= 4 is 28.6 Å². The fourth-order valence-corrected chi connectivity index (χ4v) is 4.78. The van der Waals surface area contributed by atoms with Gasteiger partial charge in [0.25, 0.3) is 0 Å². The summed E-state index contributed by atoms with van der Waals surface area (Å²) in [5, 5.41) is 1.26. The van der Waals surface area contributed by atoms with Crippen LogP contribution < -0.4 is 0 Å². The van der Waals surface area contributed by atoms with Crippen LogP contribution in [0.4, 0.5) is 4.39 Å². The molecule has 0 N–H and O–H groups in total. The van der Waals surface area contributed by atoms with E-state index >= 15 is 0 Å². The van der Waals surface area contributed by atoms with Crippen molar-refractivity contribution in [2.24, 2.45) is 0 Å². The van der Waals surface area contributed by atoms with E-state index in [1.165, 1.54) is 6.07 Å². The summed E-state index contributed by atoms with van der Waals surface area (Å²) >= 11 is 1.74. The predicted molar refractivity (Wildman–Crippen MR) is 105 cm³/mol. The summed E-state index contributed by atoms with van der Waals surface area (Å²) in [7, 11) is 0. The van der Waals surface area contributed by atoms with Crippen LogP contribution in [-0.2, 0) is 11.3 Å². The number of hydrogen-bond acceptors (Lipinski definition) is 2. The van der Waals surface area contributed by atoms with E-state index < -0.39 is 0 Å². The molecule has 0 spiro atoms. The largest absolute Gasteiger partial charge is 0.340 e. The number of carbonyl (C=O) groups is 1. The van der Waals surface area contributed by atoms with Crippen LogP contribution >= 0.6 is 11.8 Å². The van der Waals surface area contributed by atoms with Crippen molar-refractivity contribution in [3.8, 4) is 0 Å². The summed E-state index contributed by atoms with van der Waals surface area (Å²) in [4.78, 5) is 14.7. The number of benzene rings is 2. The minimum atomic E-state index is -0.149. The average Bonchev–Trinajstić information content (AvgIpc) is 2.90. The standard InChI is InChI=1S/C21H21FN2OS/c22-18-7-3-2-6-17(18)20-10-12-23(13-14-26-20)21(25)15-24-11-9-16-5-1-4-8-19(16)24/h1-9,11,20H,10,12-15H2/t20-/m1/s1. The van der Waals surface area contributed by atoms with Gasteiger partial charge < -0.3 is 9.47 Å². The summed E-state index contributed by atoms with van der Waals surface area (Å²) in [6.45, 7) is 1.74. The molecular weight excluding hydrogens is 347 g/mol. The molecule has 1 aromatic heterocycles. The molecule has 3 nitrogen and oxygen atoms in total. The van der Waals surface area contributed by atoms with Crippen LogP contribution in [0.1, 0.15) is 17.2 Å². The van der Waals surface area contributed by atoms with E-state index in [0.29, 0.717) is 19.6 Å². The van der Waals surface area contributed by atoms with Crippen molar-refractivity contribution in [1.29, 1.82) is 0 Å². The molecule has 1 amide bonds. The number of amides is 1. The maximum atomic E-state index is 14.1. The highest BCUT2D eigenvalue weighted by atomic mass is 32.2. The summed E-state index contributed by atoms with van der Waals surface area (Å²) in [5.41, 5.74) is 1.83. The van der Waals surface area contributed by atoms with E-state index in [0.717, 1.165) is 28.6 Å². The lowest BCUT2D eigenvalue weighted by Crippen LogP contribution is -2.35. The fraction of sp³-hybridized carbons (Fsp3) is 0.286. The zero-order chi connectivity index (χ0) is 17.9. The molecule has 1 atom stereocenters. The number of rotatable bonds is 3. The van der Waals surface area contributed by atoms with Gasteiger partial charge in [0.15, 0.2) is 0 Å². The second kappa shape index (κ2) is 7.54. The van der Waals surface area contributed by atoms with Crippen LogP contribution in [0.3, 0.4) is 0 Å². The molecule has 0 aliphatic carbocycles. The third-order valence-corrected chi connectivity index (χ3v) is 6.24. The Morgan fingerprint density at radius 3 is 2.77 bits per heavy atom. The summed E-state index contributed by atoms with van der Waals surface area (Å²) < 4.78 is 16.1. The van der Waals surface area contributed by atoms with Gasteiger partial charge in [0.1, 0.15) is 12.4 Å². The van der Waals surface area contributed by atoms with E-state index in [9.17, 15) is 9.18 Å². The minimum Gasteiger partial charge on any atom is -0.340 e. The zero-order valence-electron chi connectivity index (χ0n) is 14.5. The molecule has 3 aromatic rings. The van der Waals surface area contributed by atoms with Gasteiger partial charge in [-0.2, -0.15) is 11.8 Å². The van der Waals surface area contributed by atoms with Crippen LogP contribution in [0.15, 0.2) is 60.8 Å². The van der Waals surface area contributed by atoms with E-state index in [1.807, 2.05) is 52.1 Å². The quantitative estimate of drug-likeness (QED) is 0.681. The SMILES string of the molecule is O=C(Cn1ccc2ccccc21)N1CCS[C@@H](c2ccccc2F)CC1. The third-order valence-electron chi connectivity index (χ3n) is 4.93. The maximum absolute atomic E-state index is 14.1. The molecule has 0 unspecified atom stereocenters. The first-order valence-corrected chi connectivity index (χ1v) is 9.95. The summed E-state index contributed by atoms with van der Waals surface area (Å²) in [6, 6.07) is 17.1. The molecule has 1 aliphatic rings. The van der Waals surface area contributed by atoms with Crippen molar-refractivity contribution in [1.82, 2.24) is 9.47 Å². The lowest BCUT2D eigenvalue weighted by atomic mass is 10.1. The van der Waals surface area contributed by atoms with Crippen LogP contribution in [0, 0.1) is 5.82 Å². The maximum Gasteiger partial charge on any atom is 0.242 e. The Morgan fingerprint density at radius 2 is 1.88 bits per heavy atom. The van der Waals surface area contributed by atoms with E-state index in [1.54, 1.807) is 17.8 Å². The third kappa shape index (κ3) is 3.49. The Kier molecular flexibility index (Phi) is 4.98. The van der Waals surface area contributed by atoms with Crippen molar-refractivity contribution in [2.45, 2.75) is 18.2 Å². The molecule has 1 fully saturated rings. The van der Waals surface area contributed by atoms with Gasteiger partial charge in [-0.15, -0.1) is 0 Å². The van der Waals surface area contributed by atoms with Crippen LogP contribution in [0.2, 0.25) is 0 Å². The zero-order valence-corrected chi connectivity index (χ0v) is 15.3. The van der Waals surface area contributed by atoms with Gasteiger partial charge in [-0.05, 0) is 30.0 Å². The number of halogens is 1. The molecule has 134 valence electrons. The smallest absolute Gasteiger partial charge is 0.242 e. The predicted octanol–water partition coefficient (Wildman–Crippen LogP) is 4.49. The van der Waals surface area contributed by atoms with Crippen molar-refractivity contribution in [3.05, 3.63) is 72.2 Å². The molecule has 4 rings (SSSR count). The number of para-hydroxylation sites is 1. The molecule has 0 saturated carbocycles. The lowest BCUT2D eigenvalue weighted by Gasteiger charge is -2.21. The first-order chi connectivity index (χ1) is 12.7. The van der Waals surface area contributed by atoms with Crippen molar-refractivity contribution in [2.75, 3.05) is 18.8 Å². The minimum absolute atomic E-state index is 0.112. The number of thioether (sulfide) groups is 1. The Labute approximate surface area is 156 Å². The Morgan fingerprint density at radius 1 is 1.08 bits per heavy atom. The van der Waals surface area contributed by atoms with Gasteiger partial charge in [-0.25, -0.2) is 4.39 Å². The Hall–Kier alpha value is -2.27. The second-order valence-electron chi connectivity index (χ2n) is 6.55. The molecule has 0 bridgehead atoms. The number of nitrogens with zero attached hydrogens (tertiary/aromatic N) is 2. The van der Waals surface area contributed by atoms with Crippen molar-refractivity contribution < 1.29 is 9.18 Å². The molecule has 0 radical (unpaired) electrons.